The van der Waals surface area contributed by atoms with Crippen LogP contribution in [0.5, 0.6) is 0 Å². The number of carbonyl (C=O) groups is 3. The van der Waals surface area contributed by atoms with Crippen molar-refractivity contribution in [2.45, 2.75) is 0 Å². The molecule has 0 atom stereocenters. The summed E-state index contributed by atoms with van der Waals surface area (Å²) in [5.74, 6) is -1.10. The molecule has 1 rings (SSSR count). The second-order valence-electron chi connectivity index (χ2n) is 3.75. The van der Waals surface area contributed by atoms with E-state index in [4.69, 9.17) is 0 Å². The minimum absolute atomic E-state index is 0.0207. The Morgan fingerprint density at radius 2 is 1.33 bits per heavy atom. The van der Waals surface area contributed by atoms with Gasteiger partial charge in [0.05, 0.1) is 27.2 Å². The van der Waals surface area contributed by atoms with Gasteiger partial charge in [0, 0.05) is 13.1 Å². The third-order valence-electron chi connectivity index (χ3n) is 2.62. The Kier molecular flexibility index (Phi) is 4.75. The maximum Gasteiger partial charge on any atom is 0.410 e. The number of methoxy groups -OCH3 is 3. The number of esters is 1. The van der Waals surface area contributed by atoms with Crippen LogP contribution in [0.2, 0.25) is 0 Å². The van der Waals surface area contributed by atoms with Crippen molar-refractivity contribution in [3.8, 4) is 0 Å². The van der Waals surface area contributed by atoms with Crippen molar-refractivity contribution < 1.29 is 28.6 Å². The number of amides is 2. The third kappa shape index (κ3) is 3.02. The molecule has 1 aliphatic rings. The van der Waals surface area contributed by atoms with Crippen LogP contribution in [0.15, 0.2) is 0 Å². The van der Waals surface area contributed by atoms with Crippen molar-refractivity contribution in [1.29, 1.82) is 0 Å². The average Bonchev–Trinajstić information content (AvgIpc) is 2.43. The monoisotopic (exact) mass is 260 g/mol. The quantitative estimate of drug-likeness (QED) is 0.483. The van der Waals surface area contributed by atoms with Gasteiger partial charge < -0.3 is 14.2 Å². The molecule has 0 radical (unpaired) electrons. The summed E-state index contributed by atoms with van der Waals surface area (Å²) in [5.41, 5.74) is 0. The predicted octanol–water partition coefficient (Wildman–Crippen LogP) is -0.116. The van der Waals surface area contributed by atoms with Crippen molar-refractivity contribution in [3.63, 3.8) is 0 Å². The number of hydrogen-bond donors (Lipinski definition) is 0. The first-order valence-electron chi connectivity index (χ1n) is 5.27. The second kappa shape index (κ2) is 6.08. The summed E-state index contributed by atoms with van der Waals surface area (Å²) >= 11 is 0. The molecule has 0 N–H and O–H groups in total. The SMILES string of the molecule is COC(=O)C1CN(C(=O)OC)CN(C(=O)OC)C1. The molecule has 1 saturated heterocycles. The van der Waals surface area contributed by atoms with Gasteiger partial charge in [0.15, 0.2) is 0 Å². The van der Waals surface area contributed by atoms with E-state index in [0.717, 1.165) is 0 Å². The van der Waals surface area contributed by atoms with Crippen LogP contribution >= 0.6 is 0 Å². The predicted molar refractivity (Wildman–Crippen MR) is 58.6 cm³/mol. The van der Waals surface area contributed by atoms with E-state index in [2.05, 4.69) is 14.2 Å². The van der Waals surface area contributed by atoms with Crippen LogP contribution in [0.3, 0.4) is 0 Å². The van der Waals surface area contributed by atoms with Crippen molar-refractivity contribution in [1.82, 2.24) is 9.80 Å². The smallest absolute Gasteiger partial charge is 0.410 e. The average molecular weight is 260 g/mol. The summed E-state index contributed by atoms with van der Waals surface area (Å²) in [6.07, 6.45) is -1.23. The largest absolute Gasteiger partial charge is 0.469 e. The lowest BCUT2D eigenvalue weighted by atomic mass is 10.1. The maximum atomic E-state index is 11.5. The van der Waals surface area contributed by atoms with Crippen molar-refractivity contribution in [2.75, 3.05) is 41.1 Å². The summed E-state index contributed by atoms with van der Waals surface area (Å²) < 4.78 is 13.8. The minimum Gasteiger partial charge on any atom is -0.469 e. The van der Waals surface area contributed by atoms with Gasteiger partial charge in [0.25, 0.3) is 0 Å². The molecule has 8 nitrogen and oxygen atoms in total. The van der Waals surface area contributed by atoms with Gasteiger partial charge in [-0.05, 0) is 0 Å². The van der Waals surface area contributed by atoms with Crippen LogP contribution in [-0.2, 0) is 19.0 Å². The van der Waals surface area contributed by atoms with Gasteiger partial charge >= 0.3 is 18.2 Å². The van der Waals surface area contributed by atoms with Crippen molar-refractivity contribution in [2.24, 2.45) is 5.92 Å². The lowest BCUT2D eigenvalue weighted by molar-refractivity contribution is -0.148. The van der Waals surface area contributed by atoms with Crippen LogP contribution in [0.4, 0.5) is 9.59 Å². The lowest BCUT2D eigenvalue weighted by Gasteiger charge is -2.37. The van der Waals surface area contributed by atoms with E-state index in [1.54, 1.807) is 0 Å². The van der Waals surface area contributed by atoms with Crippen molar-refractivity contribution in [3.05, 3.63) is 0 Å². The van der Waals surface area contributed by atoms with Crippen LogP contribution in [-0.4, -0.2) is 69.0 Å². The zero-order valence-electron chi connectivity index (χ0n) is 10.5. The molecular formula is C10H16N2O6. The zero-order chi connectivity index (χ0) is 13.7. The Bertz CT molecular complexity index is 287. The second-order valence-corrected chi connectivity index (χ2v) is 3.75. The molecule has 0 aromatic heterocycles. The Balaban J connectivity index is 2.81. The molecule has 0 aromatic carbocycles. The fourth-order valence-electron chi connectivity index (χ4n) is 1.75. The number of hydrogen-bond acceptors (Lipinski definition) is 6. The van der Waals surface area contributed by atoms with Gasteiger partial charge in [0.2, 0.25) is 0 Å². The molecule has 0 spiro atoms. The molecule has 1 fully saturated rings. The molecule has 0 aromatic rings. The highest BCUT2D eigenvalue weighted by molar-refractivity contribution is 5.77. The Morgan fingerprint density at radius 3 is 1.67 bits per heavy atom. The van der Waals surface area contributed by atoms with E-state index in [0.29, 0.717) is 0 Å². The highest BCUT2D eigenvalue weighted by atomic mass is 16.6. The highest BCUT2D eigenvalue weighted by Crippen LogP contribution is 2.15. The molecule has 0 bridgehead atoms. The van der Waals surface area contributed by atoms with Gasteiger partial charge in [-0.15, -0.1) is 0 Å². The van der Waals surface area contributed by atoms with Crippen LogP contribution in [0, 0.1) is 5.92 Å². The molecule has 102 valence electrons. The summed E-state index contributed by atoms with van der Waals surface area (Å²) in [6, 6.07) is 0. The van der Waals surface area contributed by atoms with Gasteiger partial charge in [0.1, 0.15) is 6.67 Å². The first-order chi connectivity index (χ1) is 8.53. The third-order valence-corrected chi connectivity index (χ3v) is 2.62. The molecule has 18 heavy (non-hydrogen) atoms. The highest BCUT2D eigenvalue weighted by Gasteiger charge is 2.36. The Morgan fingerprint density at radius 1 is 0.889 bits per heavy atom. The summed E-state index contributed by atoms with van der Waals surface area (Å²) in [4.78, 5) is 36.9. The van der Waals surface area contributed by atoms with Gasteiger partial charge in [-0.1, -0.05) is 0 Å². The number of rotatable bonds is 1. The first-order valence-corrected chi connectivity index (χ1v) is 5.27. The van der Waals surface area contributed by atoms with Gasteiger partial charge in [-0.25, -0.2) is 9.59 Å². The molecule has 0 aliphatic carbocycles. The van der Waals surface area contributed by atoms with Gasteiger partial charge in [-0.2, -0.15) is 0 Å². The molecule has 0 saturated carbocycles. The maximum absolute atomic E-state index is 11.5. The fraction of sp³-hybridized carbons (Fsp3) is 0.700. The number of ether oxygens (including phenoxy) is 3. The van der Waals surface area contributed by atoms with Gasteiger partial charge in [-0.3, -0.25) is 14.6 Å². The number of nitrogens with zero attached hydrogens (tertiary/aromatic N) is 2. The normalized spacial score (nSPS) is 16.2. The minimum atomic E-state index is -0.613. The summed E-state index contributed by atoms with van der Waals surface area (Å²) in [5, 5.41) is 0. The molecule has 1 heterocycles. The Hall–Kier alpha value is -1.99. The standard InChI is InChI=1S/C10H16N2O6/c1-16-8(13)7-4-11(9(14)17-2)6-12(5-7)10(15)18-3/h7H,4-6H2,1-3H3. The molecule has 0 unspecified atom stereocenters. The van der Waals surface area contributed by atoms with Crippen LogP contribution in [0.25, 0.3) is 0 Å². The molecule has 2 amide bonds. The summed E-state index contributed by atoms with van der Waals surface area (Å²) in [6.45, 7) is 0.312. The first kappa shape index (κ1) is 14.1. The zero-order valence-corrected chi connectivity index (χ0v) is 10.5. The van der Waals surface area contributed by atoms with E-state index in [1.165, 1.54) is 31.1 Å². The van der Waals surface area contributed by atoms with E-state index in [1.807, 2.05) is 0 Å². The molecule has 1 aliphatic heterocycles. The van der Waals surface area contributed by atoms with Crippen LogP contribution in [0.1, 0.15) is 0 Å². The van der Waals surface area contributed by atoms with Crippen LogP contribution < -0.4 is 0 Å². The lowest BCUT2D eigenvalue weighted by Crippen LogP contribution is -2.55. The summed E-state index contributed by atoms with van der Waals surface area (Å²) in [7, 11) is 3.71. The van der Waals surface area contributed by atoms with Crippen molar-refractivity contribution >= 4 is 18.2 Å². The fourth-order valence-corrected chi connectivity index (χ4v) is 1.75. The molecular weight excluding hydrogens is 244 g/mol. The van der Waals surface area contributed by atoms with E-state index in [9.17, 15) is 14.4 Å². The molecule has 8 heteroatoms. The topological polar surface area (TPSA) is 85.4 Å². The van der Waals surface area contributed by atoms with E-state index >= 15 is 0 Å². The van der Waals surface area contributed by atoms with E-state index in [-0.39, 0.29) is 19.8 Å². The Labute approximate surface area is 104 Å². The number of carbonyl (C=O) groups excluding carboxylic acids is 3. The van der Waals surface area contributed by atoms with E-state index < -0.39 is 24.1 Å².